The molecule has 0 unspecified atom stereocenters. The second-order valence-electron chi connectivity index (χ2n) is 2.94. The maximum absolute atomic E-state index is 5.20. The molecule has 0 saturated heterocycles. The zero-order valence-electron chi connectivity index (χ0n) is 8.73. The molecule has 84 valence electrons. The van der Waals surface area contributed by atoms with Gasteiger partial charge in [-0.3, -0.25) is 0 Å². The molecule has 0 radical (unpaired) electrons. The zero-order valence-corrected chi connectivity index (χ0v) is 10.3. The first-order chi connectivity index (χ1) is 7.76. The van der Waals surface area contributed by atoms with Crippen molar-refractivity contribution in [3.63, 3.8) is 0 Å². The minimum Gasteiger partial charge on any atom is -0.493 e. The highest BCUT2D eigenvalue weighted by Gasteiger charge is 2.13. The predicted molar refractivity (Wildman–Crippen MR) is 60.5 cm³/mol. The number of aromatic nitrogens is 2. The summed E-state index contributed by atoms with van der Waals surface area (Å²) in [5.41, 5.74) is 0.784. The molecule has 0 aliphatic rings. The van der Waals surface area contributed by atoms with Gasteiger partial charge in [0.1, 0.15) is 0 Å². The van der Waals surface area contributed by atoms with Crippen LogP contribution >= 0.6 is 15.9 Å². The fraction of sp³-hybridized carbons (Fsp3) is 0.200. The van der Waals surface area contributed by atoms with Crippen LogP contribution in [0.15, 0.2) is 27.5 Å². The van der Waals surface area contributed by atoms with Gasteiger partial charge in [-0.05, 0) is 28.1 Å². The maximum atomic E-state index is 5.20. The number of rotatable bonds is 3. The highest BCUT2D eigenvalue weighted by atomic mass is 79.9. The summed E-state index contributed by atoms with van der Waals surface area (Å²) < 4.78 is 15.9. The van der Waals surface area contributed by atoms with Crippen LogP contribution in [0.3, 0.4) is 0 Å². The smallest absolute Gasteiger partial charge is 0.214 e. The van der Waals surface area contributed by atoms with E-state index < -0.39 is 0 Å². The number of nitrogens with zero attached hydrogens (tertiary/aromatic N) is 2. The van der Waals surface area contributed by atoms with Crippen LogP contribution in [0.2, 0.25) is 0 Å². The summed E-state index contributed by atoms with van der Waals surface area (Å²) in [5.74, 6) is 1.75. The van der Waals surface area contributed by atoms with E-state index >= 15 is 0 Å². The van der Waals surface area contributed by atoms with Gasteiger partial charge in [-0.25, -0.2) is 0 Å². The van der Waals surface area contributed by atoms with Gasteiger partial charge in [0.05, 0.1) is 14.2 Å². The average Bonchev–Trinajstić information content (AvgIpc) is 2.82. The Bertz CT molecular complexity index is 485. The van der Waals surface area contributed by atoms with Crippen LogP contribution < -0.4 is 9.47 Å². The van der Waals surface area contributed by atoms with Crippen LogP contribution in [0, 0.1) is 0 Å². The van der Waals surface area contributed by atoms with E-state index in [1.165, 1.54) is 6.39 Å². The number of methoxy groups -OCH3 is 2. The number of hydrogen-bond acceptors (Lipinski definition) is 5. The van der Waals surface area contributed by atoms with Crippen LogP contribution in [0.5, 0.6) is 11.5 Å². The van der Waals surface area contributed by atoms with Crippen molar-refractivity contribution < 1.29 is 14.0 Å². The van der Waals surface area contributed by atoms with E-state index in [2.05, 4.69) is 26.1 Å². The second-order valence-corrected chi connectivity index (χ2v) is 3.80. The van der Waals surface area contributed by atoms with Crippen molar-refractivity contribution in [2.24, 2.45) is 0 Å². The van der Waals surface area contributed by atoms with E-state index in [0.29, 0.717) is 17.3 Å². The first-order valence-electron chi connectivity index (χ1n) is 4.44. The fourth-order valence-electron chi connectivity index (χ4n) is 1.31. The molecule has 0 aliphatic carbocycles. The Hall–Kier alpha value is -1.56. The zero-order chi connectivity index (χ0) is 11.5. The third-order valence-electron chi connectivity index (χ3n) is 2.08. The Morgan fingerprint density at radius 2 is 1.88 bits per heavy atom. The van der Waals surface area contributed by atoms with Crippen molar-refractivity contribution in [2.75, 3.05) is 14.2 Å². The molecular formula is C10H9BrN2O3. The van der Waals surface area contributed by atoms with Crippen LogP contribution in [-0.4, -0.2) is 24.4 Å². The van der Waals surface area contributed by atoms with E-state index in [4.69, 9.17) is 14.0 Å². The quantitative estimate of drug-likeness (QED) is 0.867. The lowest BCUT2D eigenvalue weighted by molar-refractivity contribution is 0.355. The molecule has 0 spiro atoms. The summed E-state index contributed by atoms with van der Waals surface area (Å²) in [6.07, 6.45) is 1.28. The monoisotopic (exact) mass is 284 g/mol. The summed E-state index contributed by atoms with van der Waals surface area (Å²) in [6, 6.07) is 3.58. The van der Waals surface area contributed by atoms with E-state index in [0.717, 1.165) is 10.0 Å². The van der Waals surface area contributed by atoms with Gasteiger partial charge in [0.15, 0.2) is 11.5 Å². The molecule has 1 aromatic heterocycles. The molecule has 2 rings (SSSR count). The lowest BCUT2D eigenvalue weighted by Crippen LogP contribution is -1.92. The molecule has 1 heterocycles. The summed E-state index contributed by atoms with van der Waals surface area (Å²) in [5, 5.41) is 3.77. The largest absolute Gasteiger partial charge is 0.493 e. The molecule has 0 N–H and O–H groups in total. The van der Waals surface area contributed by atoms with E-state index in [1.54, 1.807) is 26.4 Å². The Balaban J connectivity index is 2.55. The molecule has 5 nitrogen and oxygen atoms in total. The number of benzene rings is 1. The molecular weight excluding hydrogens is 276 g/mol. The Kier molecular flexibility index (Phi) is 3.09. The fourth-order valence-corrected chi connectivity index (χ4v) is 1.81. The summed E-state index contributed by atoms with van der Waals surface area (Å²) >= 11 is 3.42. The Morgan fingerprint density at radius 1 is 1.19 bits per heavy atom. The number of ether oxygens (including phenoxy) is 2. The summed E-state index contributed by atoms with van der Waals surface area (Å²) in [4.78, 5) is 3.97. The maximum Gasteiger partial charge on any atom is 0.214 e. The lowest BCUT2D eigenvalue weighted by Gasteiger charge is -2.09. The van der Waals surface area contributed by atoms with Gasteiger partial charge in [0.25, 0.3) is 0 Å². The topological polar surface area (TPSA) is 57.4 Å². The second kappa shape index (κ2) is 4.52. The first kappa shape index (κ1) is 10.9. The molecule has 16 heavy (non-hydrogen) atoms. The van der Waals surface area contributed by atoms with Crippen LogP contribution in [0.1, 0.15) is 0 Å². The van der Waals surface area contributed by atoms with E-state index in [1.807, 2.05) is 0 Å². The number of halogens is 1. The lowest BCUT2D eigenvalue weighted by atomic mass is 10.2. The minimum atomic E-state index is 0.493. The van der Waals surface area contributed by atoms with Gasteiger partial charge < -0.3 is 14.0 Å². The first-order valence-corrected chi connectivity index (χ1v) is 5.24. The van der Waals surface area contributed by atoms with Crippen LogP contribution in [-0.2, 0) is 0 Å². The van der Waals surface area contributed by atoms with Gasteiger partial charge in [-0.15, -0.1) is 0 Å². The highest BCUT2D eigenvalue weighted by Crippen LogP contribution is 2.37. The third-order valence-corrected chi connectivity index (χ3v) is 2.73. The normalized spacial score (nSPS) is 10.2. The SMILES string of the molecule is COc1cc(Br)c(-c2ncon2)cc1OC. The summed E-state index contributed by atoms with van der Waals surface area (Å²) in [7, 11) is 3.16. The van der Waals surface area contributed by atoms with Crippen LogP contribution in [0.4, 0.5) is 0 Å². The van der Waals surface area contributed by atoms with Crippen molar-refractivity contribution in [3.8, 4) is 22.9 Å². The Labute approximate surface area is 100 Å². The van der Waals surface area contributed by atoms with Crippen molar-refractivity contribution in [3.05, 3.63) is 23.0 Å². The molecule has 0 atom stereocenters. The van der Waals surface area contributed by atoms with Gasteiger partial charge in [0, 0.05) is 10.0 Å². The van der Waals surface area contributed by atoms with Crippen LogP contribution in [0.25, 0.3) is 11.4 Å². The van der Waals surface area contributed by atoms with Crippen molar-refractivity contribution >= 4 is 15.9 Å². The van der Waals surface area contributed by atoms with Gasteiger partial charge in [-0.2, -0.15) is 4.98 Å². The molecule has 0 fully saturated rings. The summed E-state index contributed by atoms with van der Waals surface area (Å²) in [6.45, 7) is 0. The number of hydrogen-bond donors (Lipinski definition) is 0. The minimum absolute atomic E-state index is 0.493. The highest BCUT2D eigenvalue weighted by molar-refractivity contribution is 9.10. The van der Waals surface area contributed by atoms with Gasteiger partial charge >= 0.3 is 0 Å². The molecule has 1 aromatic carbocycles. The standard InChI is InChI=1S/C10H9BrN2O3/c1-14-8-3-6(10-12-5-16-13-10)7(11)4-9(8)15-2/h3-5H,1-2H3. The molecule has 0 saturated carbocycles. The molecule has 0 amide bonds. The average molecular weight is 285 g/mol. The van der Waals surface area contributed by atoms with Gasteiger partial charge in [0.2, 0.25) is 12.2 Å². The van der Waals surface area contributed by atoms with E-state index in [-0.39, 0.29) is 0 Å². The third kappa shape index (κ3) is 1.88. The van der Waals surface area contributed by atoms with E-state index in [9.17, 15) is 0 Å². The molecule has 0 bridgehead atoms. The molecule has 6 heteroatoms. The predicted octanol–water partition coefficient (Wildman–Crippen LogP) is 2.52. The van der Waals surface area contributed by atoms with Crippen molar-refractivity contribution in [2.45, 2.75) is 0 Å². The van der Waals surface area contributed by atoms with Crippen molar-refractivity contribution in [1.82, 2.24) is 10.1 Å². The molecule has 2 aromatic rings. The van der Waals surface area contributed by atoms with Crippen molar-refractivity contribution in [1.29, 1.82) is 0 Å². The van der Waals surface area contributed by atoms with Gasteiger partial charge in [-0.1, -0.05) is 5.16 Å². The molecule has 0 aliphatic heterocycles. The Morgan fingerprint density at radius 3 is 2.44 bits per heavy atom.